The molecule has 0 bridgehead atoms. The predicted molar refractivity (Wildman–Crippen MR) is 55.5 cm³/mol. The van der Waals surface area contributed by atoms with E-state index in [-0.39, 0.29) is 5.82 Å². The molecule has 68 valence electrons. The van der Waals surface area contributed by atoms with Crippen molar-refractivity contribution in [1.29, 1.82) is 0 Å². The smallest absolute Gasteiger partial charge is 0.125 e. The molecule has 0 saturated heterocycles. The average molecular weight is 242 g/mol. The summed E-state index contributed by atoms with van der Waals surface area (Å²) >= 11 is 3.40. The summed E-state index contributed by atoms with van der Waals surface area (Å²) in [5, 5.41) is 0. The Hall–Kier alpha value is -0.830. The molecule has 0 amide bonds. The van der Waals surface area contributed by atoms with Crippen LogP contribution in [0.4, 0.5) is 10.1 Å². The van der Waals surface area contributed by atoms with Crippen molar-refractivity contribution < 1.29 is 4.39 Å². The first-order valence-corrected chi connectivity index (χ1v) is 4.91. The van der Waals surface area contributed by atoms with Gasteiger partial charge >= 0.3 is 0 Å². The molecule has 0 aromatic heterocycles. The van der Waals surface area contributed by atoms with E-state index in [1.165, 1.54) is 6.07 Å². The molecule has 1 aromatic rings. The van der Waals surface area contributed by atoms with Crippen LogP contribution in [0.2, 0.25) is 0 Å². The average Bonchev–Trinajstić information content (AvgIpc) is 2.61. The lowest BCUT2D eigenvalue weighted by molar-refractivity contribution is 0.627. The molecule has 0 atom stereocenters. The molecule has 1 aromatic carbocycles. The molecule has 0 spiro atoms. The van der Waals surface area contributed by atoms with Gasteiger partial charge in [-0.15, -0.1) is 0 Å². The number of benzene rings is 1. The zero-order valence-electron chi connectivity index (χ0n) is 7.00. The van der Waals surface area contributed by atoms with Crippen LogP contribution in [0, 0.1) is 5.82 Å². The predicted octanol–water partition coefficient (Wildman–Crippen LogP) is 2.96. The quantitative estimate of drug-likeness (QED) is 0.684. The van der Waals surface area contributed by atoms with Crippen LogP contribution >= 0.6 is 15.9 Å². The van der Waals surface area contributed by atoms with Crippen molar-refractivity contribution in [2.24, 2.45) is 0 Å². The zero-order valence-corrected chi connectivity index (χ0v) is 8.59. The molecular formula is C10H9BrFN. The van der Waals surface area contributed by atoms with Crippen molar-refractivity contribution in [3.05, 3.63) is 40.6 Å². The van der Waals surface area contributed by atoms with Crippen LogP contribution in [0.25, 0.3) is 0 Å². The van der Waals surface area contributed by atoms with Gasteiger partial charge in [0.1, 0.15) is 5.82 Å². The molecule has 0 N–H and O–H groups in total. The Morgan fingerprint density at radius 1 is 1.23 bits per heavy atom. The van der Waals surface area contributed by atoms with Gasteiger partial charge in [0.2, 0.25) is 0 Å². The van der Waals surface area contributed by atoms with Gasteiger partial charge in [0.15, 0.2) is 0 Å². The summed E-state index contributed by atoms with van der Waals surface area (Å²) in [4.78, 5) is 2.10. The molecule has 0 aliphatic carbocycles. The monoisotopic (exact) mass is 241 g/mol. The number of anilines is 1. The van der Waals surface area contributed by atoms with E-state index in [1.54, 1.807) is 12.1 Å². The summed E-state index contributed by atoms with van der Waals surface area (Å²) < 4.78 is 13.9. The Morgan fingerprint density at radius 2 is 1.92 bits per heavy atom. The number of nitrogens with zero attached hydrogens (tertiary/aromatic N) is 1. The Balaban J connectivity index is 2.33. The number of hydrogen-bond acceptors (Lipinski definition) is 1. The second-order valence-electron chi connectivity index (χ2n) is 2.97. The molecule has 0 saturated carbocycles. The molecule has 1 nitrogen and oxygen atoms in total. The molecule has 0 unspecified atom stereocenters. The van der Waals surface area contributed by atoms with Gasteiger partial charge < -0.3 is 4.90 Å². The summed E-state index contributed by atoms with van der Waals surface area (Å²) in [6.45, 7) is 1.73. The third-order valence-electron chi connectivity index (χ3n) is 2.07. The zero-order chi connectivity index (χ0) is 9.26. The maximum Gasteiger partial charge on any atom is 0.125 e. The van der Waals surface area contributed by atoms with E-state index < -0.39 is 0 Å². The van der Waals surface area contributed by atoms with Crippen LogP contribution in [-0.2, 0) is 0 Å². The Labute approximate surface area is 85.0 Å². The molecule has 1 aliphatic rings. The highest BCUT2D eigenvalue weighted by atomic mass is 79.9. The van der Waals surface area contributed by atoms with E-state index in [0.717, 1.165) is 23.2 Å². The van der Waals surface area contributed by atoms with Gasteiger partial charge in [-0.3, -0.25) is 0 Å². The van der Waals surface area contributed by atoms with E-state index in [0.29, 0.717) is 0 Å². The Kier molecular flexibility index (Phi) is 2.36. The van der Waals surface area contributed by atoms with Gasteiger partial charge in [-0.2, -0.15) is 0 Å². The molecule has 2 rings (SSSR count). The number of hydrogen-bond donors (Lipinski definition) is 0. The van der Waals surface area contributed by atoms with Crippen molar-refractivity contribution in [2.75, 3.05) is 18.0 Å². The minimum Gasteiger partial charge on any atom is -0.363 e. The fourth-order valence-electron chi connectivity index (χ4n) is 1.40. The third kappa shape index (κ3) is 1.75. The van der Waals surface area contributed by atoms with Crippen molar-refractivity contribution in [3.63, 3.8) is 0 Å². The molecule has 0 radical (unpaired) electrons. The normalized spacial score (nSPS) is 15.4. The summed E-state index contributed by atoms with van der Waals surface area (Å²) in [6, 6.07) is 4.75. The van der Waals surface area contributed by atoms with Crippen LogP contribution in [0.1, 0.15) is 0 Å². The van der Waals surface area contributed by atoms with E-state index in [9.17, 15) is 4.39 Å². The van der Waals surface area contributed by atoms with Gasteiger partial charge in [0.05, 0.1) is 5.69 Å². The van der Waals surface area contributed by atoms with Gasteiger partial charge in [-0.25, -0.2) is 4.39 Å². The van der Waals surface area contributed by atoms with E-state index in [1.807, 2.05) is 0 Å². The first-order chi connectivity index (χ1) is 6.27. The summed E-state index contributed by atoms with van der Waals surface area (Å²) in [5.41, 5.74) is 0.921. The van der Waals surface area contributed by atoms with Gasteiger partial charge in [0, 0.05) is 17.6 Å². The van der Waals surface area contributed by atoms with E-state index in [2.05, 4.69) is 33.0 Å². The fourth-order valence-corrected chi connectivity index (χ4v) is 1.90. The van der Waals surface area contributed by atoms with Crippen LogP contribution in [0.3, 0.4) is 0 Å². The lowest BCUT2D eigenvalue weighted by atomic mass is 10.3. The minimum atomic E-state index is -0.190. The largest absolute Gasteiger partial charge is 0.363 e. The van der Waals surface area contributed by atoms with Crippen LogP contribution in [-0.4, -0.2) is 13.1 Å². The maximum absolute atomic E-state index is 12.9. The lowest BCUT2D eigenvalue weighted by Gasteiger charge is -2.19. The highest BCUT2D eigenvalue weighted by Gasteiger charge is 2.11. The highest BCUT2D eigenvalue weighted by Crippen LogP contribution is 2.28. The van der Waals surface area contributed by atoms with Crippen molar-refractivity contribution in [1.82, 2.24) is 0 Å². The van der Waals surface area contributed by atoms with Crippen molar-refractivity contribution in [2.45, 2.75) is 0 Å². The van der Waals surface area contributed by atoms with Gasteiger partial charge in [0.25, 0.3) is 0 Å². The summed E-state index contributed by atoms with van der Waals surface area (Å²) in [6.07, 6.45) is 4.16. The molecule has 13 heavy (non-hydrogen) atoms. The highest BCUT2D eigenvalue weighted by molar-refractivity contribution is 9.10. The third-order valence-corrected chi connectivity index (χ3v) is 2.74. The first-order valence-electron chi connectivity index (χ1n) is 4.12. The Morgan fingerprint density at radius 3 is 2.62 bits per heavy atom. The molecule has 1 aliphatic heterocycles. The minimum absolute atomic E-state index is 0.190. The lowest BCUT2D eigenvalue weighted by Crippen LogP contribution is -2.18. The molecule has 3 heteroatoms. The van der Waals surface area contributed by atoms with E-state index in [4.69, 9.17) is 0 Å². The SMILES string of the molecule is Fc1ccc(Br)c(N2CC=CC2)c1. The van der Waals surface area contributed by atoms with Gasteiger partial charge in [-0.05, 0) is 34.1 Å². The molecule has 0 fully saturated rings. The Bertz CT molecular complexity index is 341. The van der Waals surface area contributed by atoms with E-state index >= 15 is 0 Å². The number of halogens is 2. The van der Waals surface area contributed by atoms with Crippen LogP contribution in [0.15, 0.2) is 34.8 Å². The maximum atomic E-state index is 12.9. The molecular weight excluding hydrogens is 233 g/mol. The topological polar surface area (TPSA) is 3.24 Å². The van der Waals surface area contributed by atoms with Crippen molar-refractivity contribution in [3.8, 4) is 0 Å². The van der Waals surface area contributed by atoms with Crippen molar-refractivity contribution >= 4 is 21.6 Å². The summed E-state index contributed by atoms with van der Waals surface area (Å²) in [7, 11) is 0. The second kappa shape index (κ2) is 3.50. The fraction of sp³-hybridized carbons (Fsp3) is 0.200. The molecule has 1 heterocycles. The number of rotatable bonds is 1. The van der Waals surface area contributed by atoms with Gasteiger partial charge in [-0.1, -0.05) is 12.2 Å². The van der Waals surface area contributed by atoms with Crippen LogP contribution < -0.4 is 4.90 Å². The first kappa shape index (κ1) is 8.75. The standard InChI is InChI=1S/C10H9BrFN/c11-9-4-3-8(12)7-10(9)13-5-1-2-6-13/h1-4,7H,5-6H2. The summed E-state index contributed by atoms with van der Waals surface area (Å²) in [5.74, 6) is -0.190. The van der Waals surface area contributed by atoms with Crippen LogP contribution in [0.5, 0.6) is 0 Å². The second-order valence-corrected chi connectivity index (χ2v) is 3.83.